The van der Waals surface area contributed by atoms with Gasteiger partial charge in [0.15, 0.2) is 0 Å². The monoisotopic (exact) mass is 215 g/mol. The molecule has 0 spiro atoms. The Labute approximate surface area is 86.2 Å². The summed E-state index contributed by atoms with van der Waals surface area (Å²) in [5.41, 5.74) is 5.26. The van der Waals surface area contributed by atoms with Gasteiger partial charge in [-0.1, -0.05) is 29.8 Å². The number of halogens is 1. The van der Waals surface area contributed by atoms with Crippen LogP contribution in [0.5, 0.6) is 0 Å². The smallest absolute Gasteiger partial charge is 0.404 e. The van der Waals surface area contributed by atoms with Gasteiger partial charge >= 0.3 is 6.09 Å². The molecule has 0 aliphatic rings. The molecule has 0 aromatic heterocycles. The van der Waals surface area contributed by atoms with Crippen molar-refractivity contribution < 1.29 is 14.6 Å². The summed E-state index contributed by atoms with van der Waals surface area (Å²) in [5.74, 6) is 0. The number of primary amides is 1. The number of rotatable bonds is 3. The Kier molecular flexibility index (Phi) is 3.73. The van der Waals surface area contributed by atoms with Crippen LogP contribution in [0.4, 0.5) is 4.79 Å². The zero-order valence-electron chi connectivity index (χ0n) is 7.31. The third-order valence-corrected chi connectivity index (χ3v) is 1.99. The van der Waals surface area contributed by atoms with Gasteiger partial charge in [0.25, 0.3) is 0 Å². The van der Waals surface area contributed by atoms with Crippen LogP contribution < -0.4 is 5.73 Å². The molecule has 5 heteroatoms. The molecule has 0 radical (unpaired) electrons. The summed E-state index contributed by atoms with van der Waals surface area (Å²) >= 11 is 5.80. The van der Waals surface area contributed by atoms with E-state index < -0.39 is 12.2 Å². The highest BCUT2D eigenvalue weighted by Gasteiger charge is 2.12. The van der Waals surface area contributed by atoms with Gasteiger partial charge in [-0.2, -0.15) is 0 Å². The number of benzene rings is 1. The Balaban J connectivity index is 2.65. The largest absolute Gasteiger partial charge is 0.447 e. The van der Waals surface area contributed by atoms with Gasteiger partial charge in [0.2, 0.25) is 0 Å². The minimum absolute atomic E-state index is 0.195. The lowest BCUT2D eigenvalue weighted by molar-refractivity contribution is 0.0729. The van der Waals surface area contributed by atoms with Gasteiger partial charge in [-0.15, -0.1) is 0 Å². The van der Waals surface area contributed by atoms with Crippen LogP contribution in [0.15, 0.2) is 24.3 Å². The van der Waals surface area contributed by atoms with Gasteiger partial charge in [-0.05, 0) is 6.07 Å². The molecule has 1 aromatic rings. The maximum Gasteiger partial charge on any atom is 0.404 e. The topological polar surface area (TPSA) is 72.6 Å². The van der Waals surface area contributed by atoms with Crippen molar-refractivity contribution in [1.82, 2.24) is 0 Å². The van der Waals surface area contributed by atoms with Crippen LogP contribution in [0.2, 0.25) is 5.02 Å². The highest BCUT2D eigenvalue weighted by molar-refractivity contribution is 6.31. The van der Waals surface area contributed by atoms with Crippen molar-refractivity contribution in [3.63, 3.8) is 0 Å². The molecule has 1 rings (SSSR count). The van der Waals surface area contributed by atoms with Gasteiger partial charge in [0, 0.05) is 10.6 Å². The van der Waals surface area contributed by atoms with Gasteiger partial charge in [0.1, 0.15) is 12.7 Å². The van der Waals surface area contributed by atoms with E-state index in [-0.39, 0.29) is 6.61 Å². The molecular weight excluding hydrogens is 206 g/mol. The van der Waals surface area contributed by atoms with E-state index in [0.29, 0.717) is 10.6 Å². The molecule has 1 aromatic carbocycles. The average molecular weight is 216 g/mol. The van der Waals surface area contributed by atoms with E-state index >= 15 is 0 Å². The van der Waals surface area contributed by atoms with Crippen LogP contribution in [-0.2, 0) is 4.74 Å². The molecule has 0 saturated heterocycles. The first-order chi connectivity index (χ1) is 6.61. The van der Waals surface area contributed by atoms with E-state index in [9.17, 15) is 9.90 Å². The van der Waals surface area contributed by atoms with Crippen LogP contribution in [-0.4, -0.2) is 17.8 Å². The van der Waals surface area contributed by atoms with Crippen molar-refractivity contribution in [3.05, 3.63) is 34.9 Å². The predicted octanol–water partition coefficient (Wildman–Crippen LogP) is 1.47. The summed E-state index contributed by atoms with van der Waals surface area (Å²) in [4.78, 5) is 10.3. The number of aliphatic hydroxyl groups excluding tert-OH is 1. The van der Waals surface area contributed by atoms with E-state index in [1.54, 1.807) is 24.3 Å². The average Bonchev–Trinajstić information content (AvgIpc) is 2.15. The molecule has 14 heavy (non-hydrogen) atoms. The van der Waals surface area contributed by atoms with Crippen molar-refractivity contribution in [2.45, 2.75) is 6.10 Å². The van der Waals surface area contributed by atoms with E-state index in [1.165, 1.54) is 0 Å². The summed E-state index contributed by atoms with van der Waals surface area (Å²) in [6.45, 7) is -0.195. The van der Waals surface area contributed by atoms with Gasteiger partial charge < -0.3 is 15.6 Å². The molecule has 0 unspecified atom stereocenters. The van der Waals surface area contributed by atoms with Crippen LogP contribution in [0.3, 0.4) is 0 Å². The number of carbonyl (C=O) groups excluding carboxylic acids is 1. The lowest BCUT2D eigenvalue weighted by atomic mass is 10.1. The quantitative estimate of drug-likeness (QED) is 0.802. The third-order valence-electron chi connectivity index (χ3n) is 1.65. The normalized spacial score (nSPS) is 12.1. The minimum Gasteiger partial charge on any atom is -0.447 e. The first-order valence-electron chi connectivity index (χ1n) is 3.96. The molecule has 1 atom stereocenters. The number of hydrogen-bond donors (Lipinski definition) is 2. The molecule has 0 aliphatic carbocycles. The molecule has 4 nitrogen and oxygen atoms in total. The number of aliphatic hydroxyl groups is 1. The summed E-state index contributed by atoms with van der Waals surface area (Å²) in [6.07, 6.45) is -1.87. The number of nitrogens with two attached hydrogens (primary N) is 1. The number of hydrogen-bond acceptors (Lipinski definition) is 3. The Morgan fingerprint density at radius 1 is 1.57 bits per heavy atom. The maximum absolute atomic E-state index is 10.3. The zero-order valence-corrected chi connectivity index (χ0v) is 8.07. The molecule has 0 heterocycles. The van der Waals surface area contributed by atoms with E-state index in [0.717, 1.165) is 0 Å². The first kappa shape index (κ1) is 10.8. The SMILES string of the molecule is NC(=O)OC[C@H](O)c1ccccc1Cl. The van der Waals surface area contributed by atoms with Gasteiger partial charge in [-0.25, -0.2) is 4.79 Å². The summed E-state index contributed by atoms with van der Waals surface area (Å²) in [5, 5.41) is 9.96. The van der Waals surface area contributed by atoms with Gasteiger partial charge in [-0.3, -0.25) is 0 Å². The lowest BCUT2D eigenvalue weighted by Crippen LogP contribution is -2.17. The second-order valence-electron chi connectivity index (χ2n) is 2.67. The van der Waals surface area contributed by atoms with Gasteiger partial charge in [0.05, 0.1) is 0 Å². The number of carbonyl (C=O) groups is 1. The molecule has 0 bridgehead atoms. The van der Waals surface area contributed by atoms with Crippen LogP contribution >= 0.6 is 11.6 Å². The van der Waals surface area contributed by atoms with Crippen molar-refractivity contribution in [2.24, 2.45) is 5.73 Å². The van der Waals surface area contributed by atoms with Crippen molar-refractivity contribution in [3.8, 4) is 0 Å². The number of amides is 1. The fourth-order valence-electron chi connectivity index (χ4n) is 0.996. The predicted molar refractivity (Wildman–Crippen MR) is 51.9 cm³/mol. The third kappa shape index (κ3) is 2.90. The van der Waals surface area contributed by atoms with Crippen molar-refractivity contribution >= 4 is 17.7 Å². The van der Waals surface area contributed by atoms with Crippen LogP contribution in [0.1, 0.15) is 11.7 Å². The maximum atomic E-state index is 10.3. The zero-order chi connectivity index (χ0) is 10.6. The summed E-state index contributed by atoms with van der Waals surface area (Å²) < 4.78 is 4.44. The standard InChI is InChI=1S/C9H10ClNO3/c10-7-4-2-1-3-6(7)8(12)5-14-9(11)13/h1-4,8,12H,5H2,(H2,11,13)/t8-/m0/s1. The number of ether oxygens (including phenoxy) is 1. The Morgan fingerprint density at radius 2 is 2.21 bits per heavy atom. The molecule has 76 valence electrons. The molecule has 1 amide bonds. The fourth-order valence-corrected chi connectivity index (χ4v) is 1.26. The van der Waals surface area contributed by atoms with Crippen LogP contribution in [0.25, 0.3) is 0 Å². The fraction of sp³-hybridized carbons (Fsp3) is 0.222. The van der Waals surface area contributed by atoms with E-state index in [2.05, 4.69) is 4.74 Å². The lowest BCUT2D eigenvalue weighted by Gasteiger charge is -2.11. The Bertz CT molecular complexity index is 330. The minimum atomic E-state index is -0.948. The molecular formula is C9H10ClNO3. The van der Waals surface area contributed by atoms with Crippen LogP contribution in [0, 0.1) is 0 Å². The van der Waals surface area contributed by atoms with Crippen molar-refractivity contribution in [1.29, 1.82) is 0 Å². The highest BCUT2D eigenvalue weighted by Crippen LogP contribution is 2.22. The van der Waals surface area contributed by atoms with Crippen molar-refractivity contribution in [2.75, 3.05) is 6.61 Å². The summed E-state index contributed by atoms with van der Waals surface area (Å²) in [6, 6.07) is 6.77. The molecule has 3 N–H and O–H groups in total. The second-order valence-corrected chi connectivity index (χ2v) is 3.07. The van der Waals surface area contributed by atoms with E-state index in [1.807, 2.05) is 0 Å². The molecule has 0 saturated carbocycles. The molecule has 0 fully saturated rings. The summed E-state index contributed by atoms with van der Waals surface area (Å²) in [7, 11) is 0. The Morgan fingerprint density at radius 3 is 2.79 bits per heavy atom. The second kappa shape index (κ2) is 4.83. The Hall–Kier alpha value is -1.26. The highest BCUT2D eigenvalue weighted by atomic mass is 35.5. The first-order valence-corrected chi connectivity index (χ1v) is 4.34. The van der Waals surface area contributed by atoms with E-state index in [4.69, 9.17) is 17.3 Å². The molecule has 0 aliphatic heterocycles.